The normalized spacial score (nSPS) is 9.94. The summed E-state index contributed by atoms with van der Waals surface area (Å²) < 4.78 is 29.6. The topological polar surface area (TPSA) is 106 Å². The van der Waals surface area contributed by atoms with E-state index in [0.717, 1.165) is 7.11 Å². The highest BCUT2D eigenvalue weighted by molar-refractivity contribution is 5.88. The Balaban J connectivity index is 3.60. The number of nitrogens with zero attached hydrogens (tertiary/aromatic N) is 3. The molecule has 1 heterocycles. The minimum Gasteiger partial charge on any atom is -0.464 e. The Bertz CT molecular complexity index is 553. The van der Waals surface area contributed by atoms with Gasteiger partial charge in [-0.2, -0.15) is 5.26 Å². The summed E-state index contributed by atoms with van der Waals surface area (Å²) in [5.41, 5.74) is -3.61. The zero-order chi connectivity index (χ0) is 13.9. The number of halogens is 2. The number of alkyl halides is 2. The van der Waals surface area contributed by atoms with E-state index in [1.807, 2.05) is 0 Å². The predicted molar refractivity (Wildman–Crippen MR) is 51.9 cm³/mol. The number of esters is 1. The Morgan fingerprint density at radius 3 is 2.67 bits per heavy atom. The number of nitro groups is 1. The van der Waals surface area contributed by atoms with Gasteiger partial charge in [-0.1, -0.05) is 0 Å². The standard InChI is InChI=1S/C9H5F2N3O4/c1-18-9(15)5-2-4(8(10)11)7(14(16)17)6(3-12)13-5/h2,8H,1H3. The number of methoxy groups -OCH3 is 1. The van der Waals surface area contributed by atoms with Crippen molar-refractivity contribution >= 4 is 11.7 Å². The molecule has 0 unspecified atom stereocenters. The smallest absolute Gasteiger partial charge is 0.356 e. The molecule has 18 heavy (non-hydrogen) atoms. The highest BCUT2D eigenvalue weighted by Gasteiger charge is 2.29. The van der Waals surface area contributed by atoms with Crippen molar-refractivity contribution in [2.45, 2.75) is 6.43 Å². The SMILES string of the molecule is COC(=O)c1cc(C(F)F)c([N+](=O)[O-])c(C#N)n1. The molecule has 1 aromatic rings. The van der Waals surface area contributed by atoms with E-state index in [4.69, 9.17) is 5.26 Å². The number of hydrogen-bond acceptors (Lipinski definition) is 6. The van der Waals surface area contributed by atoms with Crippen molar-refractivity contribution in [2.24, 2.45) is 0 Å². The fourth-order valence-corrected chi connectivity index (χ4v) is 1.20. The van der Waals surface area contributed by atoms with Crippen LogP contribution in [0, 0.1) is 21.4 Å². The average molecular weight is 257 g/mol. The minimum absolute atomic E-state index is 0.537. The summed E-state index contributed by atoms with van der Waals surface area (Å²) in [7, 11) is 0.986. The van der Waals surface area contributed by atoms with Crippen molar-refractivity contribution in [2.75, 3.05) is 7.11 Å². The van der Waals surface area contributed by atoms with Gasteiger partial charge in [-0.05, 0) is 6.07 Å². The predicted octanol–water partition coefficient (Wildman–Crippen LogP) is 1.59. The lowest BCUT2D eigenvalue weighted by Gasteiger charge is -2.05. The summed E-state index contributed by atoms with van der Waals surface area (Å²) in [6.07, 6.45) is -3.22. The Labute approximate surface area is 98.8 Å². The first-order chi connectivity index (χ1) is 8.42. The van der Waals surface area contributed by atoms with E-state index >= 15 is 0 Å². The van der Waals surface area contributed by atoms with Gasteiger partial charge in [-0.25, -0.2) is 18.6 Å². The number of carbonyl (C=O) groups is 1. The van der Waals surface area contributed by atoms with Crippen LogP contribution in [0.4, 0.5) is 14.5 Å². The molecule has 0 aliphatic carbocycles. The van der Waals surface area contributed by atoms with E-state index < -0.39 is 40.0 Å². The van der Waals surface area contributed by atoms with Crippen LogP contribution in [0.15, 0.2) is 6.07 Å². The lowest BCUT2D eigenvalue weighted by molar-refractivity contribution is -0.386. The van der Waals surface area contributed by atoms with Gasteiger partial charge in [0.15, 0.2) is 5.69 Å². The summed E-state index contributed by atoms with van der Waals surface area (Å²) >= 11 is 0. The fourth-order valence-electron chi connectivity index (χ4n) is 1.20. The number of carbonyl (C=O) groups excluding carboxylic acids is 1. The van der Waals surface area contributed by atoms with Crippen LogP contribution >= 0.6 is 0 Å². The fraction of sp³-hybridized carbons (Fsp3) is 0.222. The van der Waals surface area contributed by atoms with Crippen LogP contribution in [-0.4, -0.2) is 23.0 Å². The van der Waals surface area contributed by atoms with E-state index in [0.29, 0.717) is 6.07 Å². The number of rotatable bonds is 3. The Morgan fingerprint density at radius 2 is 2.28 bits per heavy atom. The Morgan fingerprint density at radius 1 is 1.67 bits per heavy atom. The first-order valence-electron chi connectivity index (χ1n) is 4.38. The van der Waals surface area contributed by atoms with Gasteiger partial charge in [0.25, 0.3) is 6.43 Å². The third kappa shape index (κ3) is 2.37. The maximum atomic E-state index is 12.7. The second kappa shape index (κ2) is 5.13. The second-order valence-corrected chi connectivity index (χ2v) is 2.96. The lowest BCUT2D eigenvalue weighted by Crippen LogP contribution is -2.10. The second-order valence-electron chi connectivity index (χ2n) is 2.96. The molecular formula is C9H5F2N3O4. The molecular weight excluding hydrogens is 252 g/mol. The first kappa shape index (κ1) is 13.4. The molecule has 1 rings (SSSR count). The Hall–Kier alpha value is -2.63. The van der Waals surface area contributed by atoms with Crippen molar-refractivity contribution in [1.29, 1.82) is 5.26 Å². The summed E-state index contributed by atoms with van der Waals surface area (Å²) in [6, 6.07) is 1.83. The zero-order valence-corrected chi connectivity index (χ0v) is 8.89. The van der Waals surface area contributed by atoms with E-state index in [1.165, 1.54) is 6.07 Å². The summed E-state index contributed by atoms with van der Waals surface area (Å²) in [5, 5.41) is 19.3. The van der Waals surface area contributed by atoms with Gasteiger partial charge in [-0.15, -0.1) is 0 Å². The Kier molecular flexibility index (Phi) is 3.83. The summed E-state index contributed by atoms with van der Waals surface area (Å²) in [5.74, 6) is -1.07. The van der Waals surface area contributed by atoms with Gasteiger partial charge in [0, 0.05) is 0 Å². The zero-order valence-electron chi connectivity index (χ0n) is 8.89. The molecule has 9 heteroatoms. The van der Waals surface area contributed by atoms with Crippen molar-refractivity contribution in [3.63, 3.8) is 0 Å². The molecule has 0 atom stereocenters. The highest BCUT2D eigenvalue weighted by Crippen LogP contribution is 2.31. The molecule has 0 radical (unpaired) electrons. The van der Waals surface area contributed by atoms with Crippen molar-refractivity contribution in [3.8, 4) is 6.07 Å². The van der Waals surface area contributed by atoms with Crippen molar-refractivity contribution in [1.82, 2.24) is 4.98 Å². The number of hydrogen-bond donors (Lipinski definition) is 0. The van der Waals surface area contributed by atoms with Crippen molar-refractivity contribution < 1.29 is 23.2 Å². The molecule has 0 bridgehead atoms. The molecule has 0 saturated carbocycles. The minimum atomic E-state index is -3.22. The molecule has 0 spiro atoms. The van der Waals surface area contributed by atoms with Crippen molar-refractivity contribution in [3.05, 3.63) is 33.1 Å². The number of pyridine rings is 1. The molecule has 0 N–H and O–H groups in total. The van der Waals surface area contributed by atoms with Gasteiger partial charge in [-0.3, -0.25) is 10.1 Å². The van der Waals surface area contributed by atoms with E-state index in [1.54, 1.807) is 0 Å². The third-order valence-electron chi connectivity index (χ3n) is 1.94. The maximum absolute atomic E-state index is 12.7. The van der Waals surface area contributed by atoms with Crippen LogP contribution in [0.3, 0.4) is 0 Å². The highest BCUT2D eigenvalue weighted by atomic mass is 19.3. The van der Waals surface area contributed by atoms with Crippen LogP contribution < -0.4 is 0 Å². The van der Waals surface area contributed by atoms with Gasteiger partial charge >= 0.3 is 11.7 Å². The first-order valence-corrected chi connectivity index (χ1v) is 4.38. The quantitative estimate of drug-likeness (QED) is 0.462. The molecule has 0 fully saturated rings. The van der Waals surface area contributed by atoms with Crippen LogP contribution in [0.1, 0.15) is 28.2 Å². The van der Waals surface area contributed by atoms with E-state index in [2.05, 4.69) is 9.72 Å². The monoisotopic (exact) mass is 257 g/mol. The molecule has 0 aliphatic heterocycles. The van der Waals surface area contributed by atoms with E-state index in [-0.39, 0.29) is 0 Å². The molecule has 1 aromatic heterocycles. The third-order valence-corrected chi connectivity index (χ3v) is 1.94. The van der Waals surface area contributed by atoms with Gasteiger partial charge in [0.1, 0.15) is 11.6 Å². The van der Waals surface area contributed by atoms with Crippen LogP contribution in [0.5, 0.6) is 0 Å². The van der Waals surface area contributed by atoms with E-state index in [9.17, 15) is 23.7 Å². The van der Waals surface area contributed by atoms with Gasteiger partial charge in [0.2, 0.25) is 5.69 Å². The number of aromatic nitrogens is 1. The number of nitriles is 1. The molecule has 0 aromatic carbocycles. The summed E-state index contributed by atoms with van der Waals surface area (Å²) in [6.45, 7) is 0. The van der Waals surface area contributed by atoms with Crippen LogP contribution in [0.2, 0.25) is 0 Å². The molecule has 0 aliphatic rings. The van der Waals surface area contributed by atoms with Gasteiger partial charge in [0.05, 0.1) is 12.0 Å². The molecule has 7 nitrogen and oxygen atoms in total. The van der Waals surface area contributed by atoms with Crippen LogP contribution in [0.25, 0.3) is 0 Å². The largest absolute Gasteiger partial charge is 0.464 e. The molecule has 0 saturated heterocycles. The average Bonchev–Trinajstić information content (AvgIpc) is 2.35. The summed E-state index contributed by atoms with van der Waals surface area (Å²) in [4.78, 5) is 23.9. The number of ether oxygens (including phenoxy) is 1. The molecule has 0 amide bonds. The maximum Gasteiger partial charge on any atom is 0.356 e. The lowest BCUT2D eigenvalue weighted by atomic mass is 10.1. The molecule has 94 valence electrons. The van der Waals surface area contributed by atoms with Gasteiger partial charge < -0.3 is 4.74 Å². The van der Waals surface area contributed by atoms with Crippen LogP contribution in [-0.2, 0) is 4.74 Å².